The molecule has 0 unspecified atom stereocenters. The molecule has 68 valence electrons. The second-order valence-electron chi connectivity index (χ2n) is 3.39. The Morgan fingerprint density at radius 1 is 1.58 bits per heavy atom. The van der Waals surface area contributed by atoms with E-state index in [1.54, 1.807) is 0 Å². The summed E-state index contributed by atoms with van der Waals surface area (Å²) < 4.78 is 0. The molecule has 1 rings (SSSR count). The Morgan fingerprint density at radius 2 is 2.33 bits per heavy atom. The van der Waals surface area contributed by atoms with Crippen LogP contribution in [0, 0.1) is 18.3 Å². The van der Waals surface area contributed by atoms with Gasteiger partial charge in [0.2, 0.25) is 0 Å². The first kappa shape index (κ1) is 9.57. The number of hydrogen-bond acceptors (Lipinski definition) is 2. The molecule has 1 aliphatic rings. The fourth-order valence-corrected chi connectivity index (χ4v) is 1.40. The fourth-order valence-electron chi connectivity index (χ4n) is 1.40. The summed E-state index contributed by atoms with van der Waals surface area (Å²) in [5.74, 6) is 3.59. The smallest absolute Gasteiger partial charge is 0.0598 e. The third-order valence-corrected chi connectivity index (χ3v) is 2.48. The van der Waals surface area contributed by atoms with E-state index in [2.05, 4.69) is 23.1 Å². The number of hydrogen-bond donors (Lipinski definition) is 1. The maximum absolute atomic E-state index is 5.25. The van der Waals surface area contributed by atoms with Gasteiger partial charge in [0, 0.05) is 0 Å². The SMILES string of the molecule is C#CCN(CC)CCC1CNC1. The summed E-state index contributed by atoms with van der Waals surface area (Å²) >= 11 is 0. The second kappa shape index (κ2) is 5.18. The molecule has 1 fully saturated rings. The van der Waals surface area contributed by atoms with Crippen LogP contribution in [0.4, 0.5) is 0 Å². The Bertz CT molecular complexity index is 156. The lowest BCUT2D eigenvalue weighted by Crippen LogP contribution is -2.43. The van der Waals surface area contributed by atoms with Gasteiger partial charge in [-0.25, -0.2) is 0 Å². The summed E-state index contributed by atoms with van der Waals surface area (Å²) in [6.07, 6.45) is 6.55. The van der Waals surface area contributed by atoms with Gasteiger partial charge in [0.25, 0.3) is 0 Å². The highest BCUT2D eigenvalue weighted by Gasteiger charge is 2.16. The van der Waals surface area contributed by atoms with E-state index in [9.17, 15) is 0 Å². The van der Waals surface area contributed by atoms with Crippen molar-refractivity contribution in [2.24, 2.45) is 5.92 Å². The third kappa shape index (κ3) is 2.84. The van der Waals surface area contributed by atoms with Gasteiger partial charge in [0.1, 0.15) is 0 Å². The average molecular weight is 166 g/mol. The van der Waals surface area contributed by atoms with Gasteiger partial charge in [-0.3, -0.25) is 4.90 Å². The largest absolute Gasteiger partial charge is 0.316 e. The van der Waals surface area contributed by atoms with Crippen LogP contribution in [0.3, 0.4) is 0 Å². The minimum absolute atomic E-state index is 0.802. The summed E-state index contributed by atoms with van der Waals surface area (Å²) in [4.78, 5) is 2.32. The molecule has 0 aromatic heterocycles. The van der Waals surface area contributed by atoms with Gasteiger partial charge in [0.15, 0.2) is 0 Å². The van der Waals surface area contributed by atoms with Crippen LogP contribution in [-0.4, -0.2) is 37.6 Å². The Hall–Kier alpha value is -0.520. The molecule has 0 atom stereocenters. The standard InChI is InChI=1S/C10H18N2/c1-3-6-12(4-2)7-5-10-8-11-9-10/h1,10-11H,4-9H2,2H3. The molecule has 1 heterocycles. The summed E-state index contributed by atoms with van der Waals surface area (Å²) in [5.41, 5.74) is 0. The molecule has 1 aliphatic heterocycles. The van der Waals surface area contributed by atoms with Crippen LogP contribution in [0.5, 0.6) is 0 Å². The van der Waals surface area contributed by atoms with E-state index in [0.29, 0.717) is 0 Å². The summed E-state index contributed by atoms with van der Waals surface area (Å²) in [5, 5.41) is 3.28. The molecule has 0 spiro atoms. The summed E-state index contributed by atoms with van der Waals surface area (Å²) in [7, 11) is 0. The molecule has 12 heavy (non-hydrogen) atoms. The highest BCUT2D eigenvalue weighted by molar-refractivity contribution is 4.88. The van der Waals surface area contributed by atoms with Crippen LogP contribution >= 0.6 is 0 Å². The fraction of sp³-hybridized carbons (Fsp3) is 0.800. The number of nitrogens with zero attached hydrogens (tertiary/aromatic N) is 1. The van der Waals surface area contributed by atoms with Crippen LogP contribution in [0.1, 0.15) is 13.3 Å². The second-order valence-corrected chi connectivity index (χ2v) is 3.39. The maximum Gasteiger partial charge on any atom is 0.0598 e. The Morgan fingerprint density at radius 3 is 2.75 bits per heavy atom. The minimum atomic E-state index is 0.802. The molecule has 0 aliphatic carbocycles. The monoisotopic (exact) mass is 166 g/mol. The molecule has 1 saturated heterocycles. The van der Waals surface area contributed by atoms with E-state index >= 15 is 0 Å². The van der Waals surface area contributed by atoms with Crippen LogP contribution in [-0.2, 0) is 0 Å². The molecule has 0 aromatic carbocycles. The van der Waals surface area contributed by atoms with Gasteiger partial charge in [-0.2, -0.15) is 0 Å². The molecule has 1 N–H and O–H groups in total. The van der Waals surface area contributed by atoms with Crippen molar-refractivity contribution < 1.29 is 0 Å². The Balaban J connectivity index is 2.06. The zero-order chi connectivity index (χ0) is 8.81. The third-order valence-electron chi connectivity index (χ3n) is 2.48. The highest BCUT2D eigenvalue weighted by atomic mass is 15.1. The zero-order valence-corrected chi connectivity index (χ0v) is 7.84. The van der Waals surface area contributed by atoms with Gasteiger partial charge in [-0.15, -0.1) is 6.42 Å². The van der Waals surface area contributed by atoms with Crippen molar-refractivity contribution in [1.82, 2.24) is 10.2 Å². The molecule has 0 amide bonds. The van der Waals surface area contributed by atoms with Crippen molar-refractivity contribution in [1.29, 1.82) is 0 Å². The zero-order valence-electron chi connectivity index (χ0n) is 7.84. The summed E-state index contributed by atoms with van der Waals surface area (Å²) in [6, 6.07) is 0. The van der Waals surface area contributed by atoms with Gasteiger partial charge in [0.05, 0.1) is 6.54 Å². The predicted molar refractivity (Wildman–Crippen MR) is 51.9 cm³/mol. The van der Waals surface area contributed by atoms with Crippen molar-refractivity contribution in [2.75, 3.05) is 32.7 Å². The number of nitrogens with one attached hydrogen (secondary N) is 1. The Kier molecular flexibility index (Phi) is 4.13. The van der Waals surface area contributed by atoms with E-state index in [1.165, 1.54) is 19.5 Å². The van der Waals surface area contributed by atoms with Gasteiger partial charge < -0.3 is 5.32 Å². The van der Waals surface area contributed by atoms with Crippen molar-refractivity contribution in [3.8, 4) is 12.3 Å². The molecule has 2 nitrogen and oxygen atoms in total. The molecule has 0 saturated carbocycles. The van der Waals surface area contributed by atoms with Gasteiger partial charge in [-0.1, -0.05) is 12.8 Å². The first-order chi connectivity index (χ1) is 5.86. The summed E-state index contributed by atoms with van der Waals surface area (Å²) in [6.45, 7) is 7.60. The van der Waals surface area contributed by atoms with E-state index in [-0.39, 0.29) is 0 Å². The topological polar surface area (TPSA) is 15.3 Å². The van der Waals surface area contributed by atoms with E-state index in [0.717, 1.165) is 25.6 Å². The molecule has 0 bridgehead atoms. The number of terminal acetylenes is 1. The van der Waals surface area contributed by atoms with Crippen molar-refractivity contribution in [3.63, 3.8) is 0 Å². The maximum atomic E-state index is 5.25. The molecule has 0 radical (unpaired) electrons. The molecular formula is C10H18N2. The van der Waals surface area contributed by atoms with Crippen LogP contribution in [0.15, 0.2) is 0 Å². The van der Waals surface area contributed by atoms with E-state index in [1.807, 2.05) is 0 Å². The lowest BCUT2D eigenvalue weighted by atomic mass is 9.99. The van der Waals surface area contributed by atoms with Crippen LogP contribution in [0.2, 0.25) is 0 Å². The van der Waals surface area contributed by atoms with Crippen molar-refractivity contribution >= 4 is 0 Å². The van der Waals surface area contributed by atoms with Gasteiger partial charge >= 0.3 is 0 Å². The van der Waals surface area contributed by atoms with E-state index < -0.39 is 0 Å². The van der Waals surface area contributed by atoms with E-state index in [4.69, 9.17) is 6.42 Å². The van der Waals surface area contributed by atoms with Crippen molar-refractivity contribution in [2.45, 2.75) is 13.3 Å². The quantitative estimate of drug-likeness (QED) is 0.600. The van der Waals surface area contributed by atoms with Gasteiger partial charge in [-0.05, 0) is 38.5 Å². The van der Waals surface area contributed by atoms with Crippen LogP contribution in [0.25, 0.3) is 0 Å². The number of rotatable bonds is 5. The lowest BCUT2D eigenvalue weighted by molar-refractivity contribution is 0.251. The predicted octanol–water partition coefficient (Wildman–Crippen LogP) is 0.551. The first-order valence-corrected chi connectivity index (χ1v) is 4.73. The molecular weight excluding hydrogens is 148 g/mol. The van der Waals surface area contributed by atoms with Crippen molar-refractivity contribution in [3.05, 3.63) is 0 Å². The minimum Gasteiger partial charge on any atom is -0.316 e. The first-order valence-electron chi connectivity index (χ1n) is 4.73. The molecule has 2 heteroatoms. The highest BCUT2D eigenvalue weighted by Crippen LogP contribution is 2.08. The Labute approximate surface area is 75.3 Å². The lowest BCUT2D eigenvalue weighted by Gasteiger charge is -2.29. The normalized spacial score (nSPS) is 17.4. The molecule has 0 aromatic rings. The van der Waals surface area contributed by atoms with Crippen LogP contribution < -0.4 is 5.32 Å². The average Bonchev–Trinajstić information content (AvgIpc) is 2.00.